The van der Waals surface area contributed by atoms with Gasteiger partial charge in [0, 0.05) is 13.2 Å². The minimum Gasteiger partial charge on any atom is -0.440 e. The molecule has 3 aromatic rings. The molecule has 0 aromatic carbocycles. The number of oxazole rings is 1. The molecule has 0 saturated heterocycles. The van der Waals surface area contributed by atoms with Crippen LogP contribution in [0.2, 0.25) is 0 Å². The van der Waals surface area contributed by atoms with Crippen molar-refractivity contribution in [2.45, 2.75) is 38.1 Å². The second-order valence-electron chi connectivity index (χ2n) is 6.11. The molecule has 0 radical (unpaired) electrons. The van der Waals surface area contributed by atoms with E-state index in [1.54, 1.807) is 10.9 Å². The normalized spacial score (nSPS) is 17.0. The van der Waals surface area contributed by atoms with Crippen LogP contribution in [0.15, 0.2) is 21.3 Å². The highest BCUT2D eigenvalue weighted by Crippen LogP contribution is 2.36. The molecule has 1 fully saturated rings. The van der Waals surface area contributed by atoms with Gasteiger partial charge in [0.1, 0.15) is 5.76 Å². The quantitative estimate of drug-likeness (QED) is 0.789. The van der Waals surface area contributed by atoms with E-state index >= 15 is 0 Å². The lowest BCUT2D eigenvalue weighted by Crippen LogP contribution is -2.34. The number of nitrogens with zero attached hydrogens (tertiary/aromatic N) is 5. The third-order valence-corrected chi connectivity index (χ3v) is 4.32. The molecule has 0 unspecified atom stereocenters. The van der Waals surface area contributed by atoms with Gasteiger partial charge in [0.25, 0.3) is 5.89 Å². The molecule has 3 aromatic heterocycles. The van der Waals surface area contributed by atoms with Crippen LogP contribution in [0, 0.1) is 6.92 Å². The number of rotatable bonds is 3. The van der Waals surface area contributed by atoms with Crippen LogP contribution in [-0.4, -0.2) is 24.9 Å². The maximum atomic E-state index is 6.37. The standard InChI is InChI=1S/C15H18N6O2/c1-9-11(18-12(22-9)10-7-17-21(2)8-10)13-19-14(20-23-13)15(16)5-3-4-6-15/h7-8H,3-6,16H2,1-2H3. The monoisotopic (exact) mass is 314 g/mol. The van der Waals surface area contributed by atoms with Gasteiger partial charge < -0.3 is 14.7 Å². The molecule has 0 amide bonds. The van der Waals surface area contributed by atoms with Crippen molar-refractivity contribution in [3.05, 3.63) is 24.0 Å². The number of hydrogen-bond donors (Lipinski definition) is 1. The molecule has 1 aliphatic rings. The second kappa shape index (κ2) is 5.02. The van der Waals surface area contributed by atoms with Crippen molar-refractivity contribution in [3.63, 3.8) is 0 Å². The molecule has 1 saturated carbocycles. The Balaban J connectivity index is 1.69. The number of aryl methyl sites for hydroxylation is 2. The molecule has 23 heavy (non-hydrogen) atoms. The summed E-state index contributed by atoms with van der Waals surface area (Å²) in [7, 11) is 1.84. The van der Waals surface area contributed by atoms with Crippen LogP contribution < -0.4 is 5.73 Å². The van der Waals surface area contributed by atoms with E-state index in [-0.39, 0.29) is 0 Å². The Kier molecular flexibility index (Phi) is 3.08. The zero-order valence-electron chi connectivity index (χ0n) is 13.1. The van der Waals surface area contributed by atoms with Crippen molar-refractivity contribution in [3.8, 4) is 23.0 Å². The van der Waals surface area contributed by atoms with E-state index in [1.165, 1.54) is 0 Å². The van der Waals surface area contributed by atoms with Gasteiger partial charge in [-0.25, -0.2) is 4.98 Å². The Labute approximate surface area is 132 Å². The highest BCUT2D eigenvalue weighted by atomic mass is 16.5. The lowest BCUT2D eigenvalue weighted by atomic mass is 9.99. The first-order valence-electron chi connectivity index (χ1n) is 7.65. The largest absolute Gasteiger partial charge is 0.440 e. The van der Waals surface area contributed by atoms with Crippen molar-refractivity contribution in [1.29, 1.82) is 0 Å². The molecule has 8 heteroatoms. The van der Waals surface area contributed by atoms with Crippen LogP contribution in [0.5, 0.6) is 0 Å². The van der Waals surface area contributed by atoms with Gasteiger partial charge in [0.2, 0.25) is 5.89 Å². The van der Waals surface area contributed by atoms with Gasteiger partial charge >= 0.3 is 0 Å². The molecule has 0 spiro atoms. The summed E-state index contributed by atoms with van der Waals surface area (Å²) in [5, 5.41) is 8.18. The first kappa shape index (κ1) is 14.1. The van der Waals surface area contributed by atoms with Crippen molar-refractivity contribution >= 4 is 0 Å². The zero-order chi connectivity index (χ0) is 16.0. The molecule has 1 aliphatic carbocycles. The van der Waals surface area contributed by atoms with Crippen LogP contribution in [0.3, 0.4) is 0 Å². The minimum absolute atomic E-state index is 0.341. The number of nitrogens with two attached hydrogens (primary N) is 1. The molecule has 0 aliphatic heterocycles. The maximum Gasteiger partial charge on any atom is 0.280 e. The van der Waals surface area contributed by atoms with Crippen LogP contribution in [0.1, 0.15) is 37.3 Å². The van der Waals surface area contributed by atoms with Crippen LogP contribution in [-0.2, 0) is 12.6 Å². The van der Waals surface area contributed by atoms with E-state index in [0.29, 0.717) is 29.1 Å². The molecule has 120 valence electrons. The highest BCUT2D eigenvalue weighted by molar-refractivity contribution is 5.58. The Hall–Kier alpha value is -2.48. The summed E-state index contributed by atoms with van der Waals surface area (Å²) in [5.41, 5.74) is 7.23. The van der Waals surface area contributed by atoms with E-state index < -0.39 is 5.54 Å². The van der Waals surface area contributed by atoms with Gasteiger partial charge in [-0.3, -0.25) is 4.68 Å². The third kappa shape index (κ3) is 2.35. The van der Waals surface area contributed by atoms with E-state index in [4.69, 9.17) is 14.7 Å². The molecule has 8 nitrogen and oxygen atoms in total. The van der Waals surface area contributed by atoms with Crippen LogP contribution >= 0.6 is 0 Å². The summed E-state index contributed by atoms with van der Waals surface area (Å²) < 4.78 is 12.8. The van der Waals surface area contributed by atoms with Gasteiger partial charge in [-0.05, 0) is 19.8 Å². The second-order valence-corrected chi connectivity index (χ2v) is 6.11. The van der Waals surface area contributed by atoms with E-state index in [1.807, 2.05) is 20.2 Å². The van der Waals surface area contributed by atoms with Gasteiger partial charge in [0.05, 0.1) is 17.3 Å². The smallest absolute Gasteiger partial charge is 0.280 e. The van der Waals surface area contributed by atoms with Crippen LogP contribution in [0.4, 0.5) is 0 Å². The average Bonchev–Trinajstić information content (AvgIpc) is 3.25. The predicted molar refractivity (Wildman–Crippen MR) is 81.1 cm³/mol. The molecule has 4 rings (SSSR count). The fourth-order valence-electron chi connectivity index (χ4n) is 3.00. The average molecular weight is 314 g/mol. The lowest BCUT2D eigenvalue weighted by Gasteiger charge is -2.17. The molecule has 3 heterocycles. The Morgan fingerprint density at radius 3 is 2.70 bits per heavy atom. The predicted octanol–water partition coefficient (Wildman–Crippen LogP) is 2.16. The zero-order valence-corrected chi connectivity index (χ0v) is 13.1. The van der Waals surface area contributed by atoms with Gasteiger partial charge in [0.15, 0.2) is 11.5 Å². The fourth-order valence-corrected chi connectivity index (χ4v) is 3.00. The topological polar surface area (TPSA) is 109 Å². The van der Waals surface area contributed by atoms with Crippen molar-refractivity contribution in [1.82, 2.24) is 24.9 Å². The molecule has 0 atom stereocenters. The van der Waals surface area contributed by atoms with E-state index in [9.17, 15) is 0 Å². The first-order valence-corrected chi connectivity index (χ1v) is 7.65. The Morgan fingerprint density at radius 1 is 1.22 bits per heavy atom. The maximum absolute atomic E-state index is 6.37. The summed E-state index contributed by atoms with van der Waals surface area (Å²) in [6.07, 6.45) is 7.47. The fraction of sp³-hybridized carbons (Fsp3) is 0.467. The van der Waals surface area contributed by atoms with Crippen molar-refractivity contribution < 1.29 is 8.94 Å². The molecular formula is C15H18N6O2. The summed E-state index contributed by atoms with van der Waals surface area (Å²) in [5.74, 6) is 1.99. The first-order chi connectivity index (χ1) is 11.0. The molecule has 0 bridgehead atoms. The third-order valence-electron chi connectivity index (χ3n) is 4.32. The van der Waals surface area contributed by atoms with Gasteiger partial charge in [-0.1, -0.05) is 18.0 Å². The van der Waals surface area contributed by atoms with Crippen LogP contribution in [0.25, 0.3) is 23.0 Å². The summed E-state index contributed by atoms with van der Waals surface area (Å²) >= 11 is 0. The summed E-state index contributed by atoms with van der Waals surface area (Å²) in [6, 6.07) is 0. The minimum atomic E-state index is -0.481. The van der Waals surface area contributed by atoms with Crippen molar-refractivity contribution in [2.24, 2.45) is 12.8 Å². The van der Waals surface area contributed by atoms with Gasteiger partial charge in [-0.15, -0.1) is 0 Å². The van der Waals surface area contributed by atoms with Gasteiger partial charge in [-0.2, -0.15) is 10.1 Å². The SMILES string of the molecule is Cc1oc(-c2cnn(C)c2)nc1-c1nc(C2(N)CCCC2)no1. The van der Waals surface area contributed by atoms with E-state index in [2.05, 4.69) is 20.2 Å². The number of hydrogen-bond acceptors (Lipinski definition) is 7. The lowest BCUT2D eigenvalue weighted by molar-refractivity contribution is 0.372. The van der Waals surface area contributed by atoms with Crippen molar-refractivity contribution in [2.75, 3.05) is 0 Å². The summed E-state index contributed by atoms with van der Waals surface area (Å²) in [4.78, 5) is 8.93. The molecule has 2 N–H and O–H groups in total. The summed E-state index contributed by atoms with van der Waals surface area (Å²) in [6.45, 7) is 1.82. The Bertz CT molecular complexity index is 840. The van der Waals surface area contributed by atoms with E-state index in [0.717, 1.165) is 31.2 Å². The highest BCUT2D eigenvalue weighted by Gasteiger charge is 2.36. The molecular weight excluding hydrogens is 296 g/mol. The Morgan fingerprint density at radius 2 is 2.00 bits per heavy atom. The number of aromatic nitrogens is 5.